The molecule has 1 spiro atoms. The first-order valence-electron chi connectivity index (χ1n) is 20.2. The molecule has 8 rings (SSSR count). The number of methoxy groups -OCH3 is 1. The van der Waals surface area contributed by atoms with Crippen molar-refractivity contribution < 1.29 is 28.8 Å². The molecular weight excluding hydrogens is 702 g/mol. The summed E-state index contributed by atoms with van der Waals surface area (Å²) in [6, 6.07) is 13.9. The lowest BCUT2D eigenvalue weighted by atomic mass is 9.59. The first-order valence-corrected chi connectivity index (χ1v) is 20.6. The number of aliphatic carboxylic acids is 1. The first-order chi connectivity index (χ1) is 26.1. The third kappa shape index (κ3) is 7.40. The van der Waals surface area contributed by atoms with Crippen LogP contribution >= 0.6 is 11.6 Å². The van der Waals surface area contributed by atoms with Gasteiger partial charge in [-0.2, -0.15) is 0 Å². The summed E-state index contributed by atoms with van der Waals surface area (Å²) in [4.78, 5) is 20.2. The minimum atomic E-state index is -1.08. The van der Waals surface area contributed by atoms with Gasteiger partial charge in [-0.25, -0.2) is 4.79 Å². The Bertz CT molecular complexity index is 1820. The number of benzene rings is 2. The van der Waals surface area contributed by atoms with Crippen molar-refractivity contribution in [2.45, 2.75) is 114 Å². The minimum Gasteiger partial charge on any atom is -0.493 e. The molecule has 2 N–H and O–H groups in total. The average molecular weight is 758 g/mol. The largest absolute Gasteiger partial charge is 0.493 e. The molecule has 9 nitrogen and oxygen atoms in total. The summed E-state index contributed by atoms with van der Waals surface area (Å²) in [5, 5.41) is 14.7. The molecule has 2 aliphatic heterocycles. The fourth-order valence-electron chi connectivity index (χ4n) is 10.4. The Morgan fingerprint density at radius 2 is 1.93 bits per heavy atom. The van der Waals surface area contributed by atoms with E-state index >= 15 is 0 Å². The smallest absolute Gasteiger partial charge is 0.329 e. The number of fused-ring (bicyclic) bond motifs is 4. The Kier molecular flexibility index (Phi) is 10.8. The quantitative estimate of drug-likeness (QED) is 0.200. The van der Waals surface area contributed by atoms with E-state index in [0.29, 0.717) is 54.9 Å². The molecule has 1 aromatic heterocycles. The number of carboxylic acids is 1. The van der Waals surface area contributed by atoms with Gasteiger partial charge in [0.25, 0.3) is 0 Å². The Balaban J connectivity index is 1.04. The topological polar surface area (TPSA) is 102 Å². The summed E-state index contributed by atoms with van der Waals surface area (Å²) in [6.07, 6.45) is 12.1. The van der Waals surface area contributed by atoms with E-state index in [0.717, 1.165) is 87.5 Å². The second-order valence-corrected chi connectivity index (χ2v) is 17.4. The van der Waals surface area contributed by atoms with Crippen molar-refractivity contribution in [3.05, 3.63) is 76.1 Å². The molecule has 3 aromatic rings. The fraction of sp³-hybridized carbons (Fsp3) is 0.591. The van der Waals surface area contributed by atoms with Crippen LogP contribution in [0, 0.1) is 11.8 Å². The number of nitrogens with zero attached hydrogens (tertiary/aromatic N) is 2. The molecule has 4 atom stereocenters. The highest BCUT2D eigenvalue weighted by Crippen LogP contribution is 2.58. The Labute approximate surface area is 325 Å². The minimum absolute atomic E-state index is 0.0467. The number of nitrogens with one attached hydrogen (secondary N) is 1. The van der Waals surface area contributed by atoms with Gasteiger partial charge < -0.3 is 29.4 Å². The number of ether oxygens (including phenoxy) is 4. The van der Waals surface area contributed by atoms with Crippen molar-refractivity contribution in [2.75, 3.05) is 45.3 Å². The van der Waals surface area contributed by atoms with Crippen LogP contribution in [-0.2, 0) is 27.8 Å². The normalized spacial score (nSPS) is 28.6. The van der Waals surface area contributed by atoms with Crippen LogP contribution in [0.3, 0.4) is 0 Å². The van der Waals surface area contributed by atoms with Crippen LogP contribution in [0.1, 0.15) is 99.9 Å². The van der Waals surface area contributed by atoms with Crippen molar-refractivity contribution in [1.82, 2.24) is 9.88 Å². The number of halogens is 1. The molecule has 0 amide bonds. The SMILES string of the molecule is COC1CCN(C[C@@H]2COc3cc4c(cc3O2)C2(CCC(Nc3cccc(Cl)c3)(C(=O)O)CC2)[C@@H](C[C@@H](C)COc2ccnc3c2[C@H](C)CCC3)C4)CC1. The predicted octanol–water partition coefficient (Wildman–Crippen LogP) is 8.45. The van der Waals surface area contributed by atoms with E-state index in [1.807, 2.05) is 36.5 Å². The summed E-state index contributed by atoms with van der Waals surface area (Å²) in [6.45, 7) is 8.58. The lowest BCUT2D eigenvalue weighted by molar-refractivity contribution is -0.144. The number of carboxylic acid groups (broad SMARTS) is 1. The Morgan fingerprint density at radius 1 is 1.11 bits per heavy atom. The molecule has 1 saturated carbocycles. The average Bonchev–Trinajstić information content (AvgIpc) is 3.44. The molecule has 2 fully saturated rings. The molecule has 0 unspecified atom stereocenters. The number of anilines is 1. The van der Waals surface area contributed by atoms with Gasteiger partial charge in [0.1, 0.15) is 24.0 Å². The zero-order valence-electron chi connectivity index (χ0n) is 32.1. The summed E-state index contributed by atoms with van der Waals surface area (Å²) in [5.41, 5.74) is 4.56. The van der Waals surface area contributed by atoms with Crippen LogP contribution < -0.4 is 19.5 Å². The monoisotopic (exact) mass is 757 g/mol. The van der Waals surface area contributed by atoms with E-state index in [-0.39, 0.29) is 11.5 Å². The predicted molar refractivity (Wildman–Crippen MR) is 210 cm³/mol. The van der Waals surface area contributed by atoms with Gasteiger partial charge in [0.2, 0.25) is 0 Å². The van der Waals surface area contributed by atoms with Crippen LogP contribution in [0.4, 0.5) is 5.69 Å². The maximum absolute atomic E-state index is 13.1. The van der Waals surface area contributed by atoms with Crippen molar-refractivity contribution in [1.29, 1.82) is 0 Å². The van der Waals surface area contributed by atoms with Gasteiger partial charge in [-0.15, -0.1) is 0 Å². The summed E-state index contributed by atoms with van der Waals surface area (Å²) < 4.78 is 25.4. The van der Waals surface area contributed by atoms with Crippen LogP contribution in [0.15, 0.2) is 48.7 Å². The van der Waals surface area contributed by atoms with E-state index in [1.54, 1.807) is 7.11 Å². The van der Waals surface area contributed by atoms with Crippen LogP contribution in [0.5, 0.6) is 17.2 Å². The molecule has 3 aliphatic carbocycles. The lowest BCUT2D eigenvalue weighted by Gasteiger charge is -2.47. The highest BCUT2D eigenvalue weighted by molar-refractivity contribution is 6.30. The van der Waals surface area contributed by atoms with Gasteiger partial charge in [-0.1, -0.05) is 31.5 Å². The second-order valence-electron chi connectivity index (χ2n) is 16.9. The molecule has 54 heavy (non-hydrogen) atoms. The Hall–Kier alpha value is -3.53. The first kappa shape index (κ1) is 37.4. The molecule has 10 heteroatoms. The summed E-state index contributed by atoms with van der Waals surface area (Å²) >= 11 is 6.32. The van der Waals surface area contributed by atoms with Gasteiger partial charge in [-0.3, -0.25) is 9.88 Å². The number of aromatic nitrogens is 1. The summed E-state index contributed by atoms with van der Waals surface area (Å²) in [5.74, 6) is 2.89. The van der Waals surface area contributed by atoms with Crippen LogP contribution in [-0.4, -0.2) is 78.7 Å². The third-order valence-electron chi connectivity index (χ3n) is 13.4. The summed E-state index contributed by atoms with van der Waals surface area (Å²) in [7, 11) is 1.80. The van der Waals surface area contributed by atoms with Crippen molar-refractivity contribution in [2.24, 2.45) is 11.8 Å². The molecule has 0 radical (unpaired) electrons. The van der Waals surface area contributed by atoms with Crippen molar-refractivity contribution in [3.63, 3.8) is 0 Å². The van der Waals surface area contributed by atoms with Crippen LogP contribution in [0.2, 0.25) is 5.02 Å². The lowest BCUT2D eigenvalue weighted by Crippen LogP contribution is -2.53. The highest BCUT2D eigenvalue weighted by atomic mass is 35.5. The highest BCUT2D eigenvalue weighted by Gasteiger charge is 2.54. The third-order valence-corrected chi connectivity index (χ3v) is 13.6. The van der Waals surface area contributed by atoms with Crippen molar-refractivity contribution in [3.8, 4) is 17.2 Å². The van der Waals surface area contributed by atoms with E-state index in [4.69, 9.17) is 30.5 Å². The van der Waals surface area contributed by atoms with Gasteiger partial charge in [-0.05, 0) is 141 Å². The van der Waals surface area contributed by atoms with E-state index in [9.17, 15) is 9.90 Å². The second kappa shape index (κ2) is 15.5. The molecule has 5 aliphatic rings. The standard InChI is InChI=1S/C44H56ClN3O6/c1-28(26-52-38-10-17-46-37-9-4-6-29(2)41(37)38)20-31-21-30-22-39-40(54-35(27-53-39)25-48-18-11-34(51-3)12-19-48)24-36(30)43(31)13-15-44(16-14-43,42(49)50)47-33-8-5-7-32(45)23-33/h5,7-8,10,17,22-24,28-29,31,34-35,47H,4,6,9,11-16,18-21,25-27H2,1-3H3,(H,49,50)/t28-,29-,31+,35-,43?,44?/m1/s1. The van der Waals surface area contributed by atoms with Gasteiger partial charge >= 0.3 is 5.97 Å². The number of rotatable bonds is 11. The van der Waals surface area contributed by atoms with E-state index in [2.05, 4.69) is 41.2 Å². The maximum Gasteiger partial charge on any atom is 0.329 e. The fourth-order valence-corrected chi connectivity index (χ4v) is 10.6. The van der Waals surface area contributed by atoms with Crippen LogP contribution in [0.25, 0.3) is 0 Å². The maximum atomic E-state index is 13.1. The number of hydrogen-bond acceptors (Lipinski definition) is 8. The van der Waals surface area contributed by atoms with Crippen molar-refractivity contribution >= 4 is 23.3 Å². The molecule has 2 aromatic carbocycles. The molecular formula is C44H56ClN3O6. The van der Waals surface area contributed by atoms with E-state index < -0.39 is 11.5 Å². The number of hydrogen-bond donors (Lipinski definition) is 2. The number of pyridine rings is 1. The van der Waals surface area contributed by atoms with Gasteiger partial charge in [0, 0.05) is 54.9 Å². The molecule has 290 valence electrons. The van der Waals surface area contributed by atoms with Gasteiger partial charge in [0.15, 0.2) is 11.5 Å². The molecule has 0 bridgehead atoms. The number of piperidine rings is 1. The molecule has 1 saturated heterocycles. The zero-order chi connectivity index (χ0) is 37.5. The zero-order valence-corrected chi connectivity index (χ0v) is 32.8. The molecule has 3 heterocycles. The number of carbonyl (C=O) groups is 1. The van der Waals surface area contributed by atoms with Gasteiger partial charge in [0.05, 0.1) is 12.7 Å². The number of likely N-dealkylation sites (tertiary alicyclic amines) is 1. The van der Waals surface area contributed by atoms with E-state index in [1.165, 1.54) is 35.2 Å². The Morgan fingerprint density at radius 3 is 2.69 bits per heavy atom. The number of aryl methyl sites for hydroxylation is 1.